The molecule has 0 heterocycles. The number of carboxylic acids is 1. The lowest BCUT2D eigenvalue weighted by atomic mass is 10.1. The van der Waals surface area contributed by atoms with E-state index in [9.17, 15) is 18.3 Å². The number of nitrogens with two attached hydrogens (primary N) is 1. The van der Waals surface area contributed by atoms with E-state index in [1.54, 1.807) is 18.2 Å². The highest BCUT2D eigenvalue weighted by Crippen LogP contribution is 2.37. The quantitative estimate of drug-likeness (QED) is 0.659. The van der Waals surface area contributed by atoms with E-state index in [2.05, 4.69) is 5.32 Å². The maximum Gasteiger partial charge on any atom is 0.335 e. The molecule has 25 heavy (non-hydrogen) atoms. The highest BCUT2D eigenvalue weighted by molar-refractivity contribution is 7.89. The number of ether oxygens (including phenoxy) is 1. The van der Waals surface area contributed by atoms with Crippen molar-refractivity contribution in [3.63, 3.8) is 0 Å². The first-order valence-corrected chi connectivity index (χ1v) is 8.68. The van der Waals surface area contributed by atoms with Crippen molar-refractivity contribution < 1.29 is 28.5 Å². The molecule has 0 aliphatic carbocycles. The summed E-state index contributed by atoms with van der Waals surface area (Å²) in [4.78, 5) is 10.8. The van der Waals surface area contributed by atoms with E-state index in [0.717, 1.165) is 12.1 Å². The van der Waals surface area contributed by atoms with Gasteiger partial charge in [0.05, 0.1) is 11.3 Å². The van der Waals surface area contributed by atoms with E-state index in [0.29, 0.717) is 0 Å². The van der Waals surface area contributed by atoms with Crippen molar-refractivity contribution in [2.24, 2.45) is 5.14 Å². The number of sulfonamides is 1. The molecule has 2 aromatic carbocycles. The first kappa shape index (κ1) is 13.7. The van der Waals surface area contributed by atoms with Crippen molar-refractivity contribution in [3.05, 3.63) is 48.0 Å². The topological polar surface area (TPSA) is 119 Å². The zero-order chi connectivity index (χ0) is 22.0. The van der Waals surface area contributed by atoms with Crippen molar-refractivity contribution in [2.75, 3.05) is 11.8 Å². The van der Waals surface area contributed by atoms with Gasteiger partial charge in [-0.2, -0.15) is 0 Å². The Morgan fingerprint density at radius 3 is 2.56 bits per heavy atom. The van der Waals surface area contributed by atoms with Crippen molar-refractivity contribution in [3.8, 4) is 11.5 Å². The number of benzene rings is 2. The van der Waals surface area contributed by atoms with Gasteiger partial charge in [0.1, 0.15) is 10.6 Å². The van der Waals surface area contributed by atoms with Crippen molar-refractivity contribution in [2.45, 2.75) is 24.6 Å². The summed E-state index contributed by atoms with van der Waals surface area (Å²) in [7, 11) is -4.45. The zero-order valence-electron chi connectivity index (χ0n) is 17.3. The molecule has 2 rings (SSSR count). The number of carboxylic acid groups (broad SMARTS) is 1. The van der Waals surface area contributed by atoms with E-state index >= 15 is 0 Å². The number of para-hydroxylation sites is 1. The Morgan fingerprint density at radius 1 is 1.32 bits per heavy atom. The summed E-state index contributed by atoms with van der Waals surface area (Å²) >= 11 is 0. The molecule has 0 saturated carbocycles. The molecule has 0 saturated heterocycles. The first-order chi connectivity index (χ1) is 13.2. The molecule has 8 heteroatoms. The Bertz CT molecular complexity index is 1010. The summed E-state index contributed by atoms with van der Waals surface area (Å²) in [6, 6.07) is 9.78. The number of rotatable bonds is 8. The zero-order valence-corrected chi connectivity index (χ0v) is 14.1. The van der Waals surface area contributed by atoms with Crippen LogP contribution in [0.5, 0.6) is 11.5 Å². The van der Waals surface area contributed by atoms with Crippen LogP contribution in [-0.4, -0.2) is 26.0 Å². The summed E-state index contributed by atoms with van der Waals surface area (Å²) in [6.07, 6.45) is -2.50. The van der Waals surface area contributed by atoms with Crippen LogP contribution >= 0.6 is 0 Å². The molecule has 0 aliphatic heterocycles. The minimum atomic E-state index is -4.45. The summed E-state index contributed by atoms with van der Waals surface area (Å²) in [6.45, 7) is -1.18. The lowest BCUT2D eigenvalue weighted by Gasteiger charge is -2.17. The van der Waals surface area contributed by atoms with Gasteiger partial charge in [-0.1, -0.05) is 31.5 Å². The Kier molecular flexibility index (Phi) is 4.38. The smallest absolute Gasteiger partial charge is 0.335 e. The molecule has 0 radical (unpaired) electrons. The van der Waals surface area contributed by atoms with Gasteiger partial charge in [0, 0.05) is 12.0 Å². The molecule has 0 aromatic heterocycles. The molecule has 134 valence electrons. The second kappa shape index (κ2) is 8.00. The number of hydrogen-bond donors (Lipinski definition) is 3. The van der Waals surface area contributed by atoms with E-state index < -0.39 is 51.5 Å². The summed E-state index contributed by atoms with van der Waals surface area (Å²) in [5.41, 5.74) is -0.765. The Hall–Kier alpha value is -2.58. The van der Waals surface area contributed by atoms with Crippen LogP contribution in [-0.2, 0) is 10.0 Å². The lowest BCUT2D eigenvalue weighted by Crippen LogP contribution is -2.16. The molecule has 0 bridgehead atoms. The molecule has 0 fully saturated rings. The van der Waals surface area contributed by atoms with Crippen LogP contribution in [0.1, 0.15) is 35.6 Å². The normalized spacial score (nSPS) is 14.6. The predicted molar refractivity (Wildman–Crippen MR) is 94.7 cm³/mol. The number of anilines is 1. The van der Waals surface area contributed by atoms with E-state index in [1.807, 2.05) is 0 Å². The summed E-state index contributed by atoms with van der Waals surface area (Å²) in [5, 5.41) is 16.9. The summed E-state index contributed by atoms with van der Waals surface area (Å²) in [5.74, 6) is -1.66. The maximum atomic E-state index is 12.1. The van der Waals surface area contributed by atoms with Crippen LogP contribution in [0.3, 0.4) is 0 Å². The fourth-order valence-corrected chi connectivity index (χ4v) is 2.67. The van der Waals surface area contributed by atoms with Gasteiger partial charge in [0.2, 0.25) is 10.0 Å². The third-order valence-corrected chi connectivity index (χ3v) is 3.98. The highest BCUT2D eigenvalue weighted by atomic mass is 32.2. The Morgan fingerprint density at radius 2 is 2.00 bits per heavy atom. The van der Waals surface area contributed by atoms with Gasteiger partial charge in [0.15, 0.2) is 5.75 Å². The number of carbonyl (C=O) groups is 1. The average molecular weight is 368 g/mol. The highest BCUT2D eigenvalue weighted by Gasteiger charge is 2.23. The van der Waals surface area contributed by atoms with E-state index in [1.165, 1.54) is 19.1 Å². The molecule has 0 spiro atoms. The van der Waals surface area contributed by atoms with E-state index in [4.69, 9.17) is 15.4 Å². The van der Waals surface area contributed by atoms with Gasteiger partial charge < -0.3 is 15.2 Å². The fourth-order valence-electron chi connectivity index (χ4n) is 1.97. The third-order valence-electron chi connectivity index (χ3n) is 3.06. The van der Waals surface area contributed by atoms with Crippen LogP contribution < -0.4 is 15.2 Å². The molecule has 0 atom stereocenters. The minimum absolute atomic E-state index is 0.204. The monoisotopic (exact) mass is 368 g/mol. The van der Waals surface area contributed by atoms with Gasteiger partial charge >= 0.3 is 5.97 Å². The van der Waals surface area contributed by atoms with Crippen molar-refractivity contribution in [1.82, 2.24) is 0 Å². The third kappa shape index (κ3) is 4.94. The van der Waals surface area contributed by atoms with E-state index in [-0.39, 0.29) is 11.4 Å². The SMILES string of the molecule is [2H]C([2H])(C)CC([2H])([2H])Nc1cc(C(=O)O)cc(S(N)(=O)=O)c1Oc1ccccc1. The number of primary sulfonamides is 1. The number of aromatic carboxylic acids is 1. The standard InChI is InChI=1S/C17H20N2O5S/c1-2-3-9-19-14-10-12(17(20)21)11-15(25(18,22)23)16(14)24-13-7-5-4-6-8-13/h4-8,10-11,19H,2-3,9H2,1H3,(H,20,21)(H2,18,22,23)/i2D2,9D2. The van der Waals surface area contributed by atoms with Gasteiger partial charge in [-0.05, 0) is 30.7 Å². The van der Waals surface area contributed by atoms with Crippen LogP contribution in [0, 0.1) is 0 Å². The molecule has 0 aliphatic rings. The van der Waals surface area contributed by atoms with Gasteiger partial charge in [-0.3, -0.25) is 0 Å². The first-order valence-electron chi connectivity index (χ1n) is 9.13. The van der Waals surface area contributed by atoms with Crippen LogP contribution in [0.25, 0.3) is 0 Å². The predicted octanol–water partition coefficient (Wildman–Crippen LogP) is 3.04. The molecule has 2 aromatic rings. The Labute approximate surface area is 152 Å². The largest absolute Gasteiger partial charge is 0.478 e. The molecular formula is C17H20N2O5S. The number of hydrogen-bond acceptors (Lipinski definition) is 5. The van der Waals surface area contributed by atoms with Crippen molar-refractivity contribution in [1.29, 1.82) is 0 Å². The molecule has 0 unspecified atom stereocenters. The molecule has 4 N–H and O–H groups in total. The van der Waals surface area contributed by atoms with Gasteiger partial charge in [-0.15, -0.1) is 0 Å². The maximum absolute atomic E-state index is 12.1. The van der Waals surface area contributed by atoms with Gasteiger partial charge in [0.25, 0.3) is 0 Å². The summed E-state index contributed by atoms with van der Waals surface area (Å²) < 4.78 is 61.0. The van der Waals surface area contributed by atoms with Gasteiger partial charge in [-0.25, -0.2) is 18.4 Å². The second-order valence-corrected chi connectivity index (χ2v) is 6.48. The fraction of sp³-hybridized carbons (Fsp3) is 0.235. The van der Waals surface area contributed by atoms with Crippen LogP contribution in [0.4, 0.5) is 5.69 Å². The number of nitrogens with one attached hydrogen (secondary N) is 1. The van der Waals surface area contributed by atoms with Crippen LogP contribution in [0.15, 0.2) is 47.4 Å². The van der Waals surface area contributed by atoms with Crippen molar-refractivity contribution >= 4 is 21.7 Å². The second-order valence-electron chi connectivity index (χ2n) is 4.95. The Balaban J connectivity index is 2.68. The molecule has 0 amide bonds. The molecule has 7 nitrogen and oxygen atoms in total. The minimum Gasteiger partial charge on any atom is -0.478 e. The average Bonchev–Trinajstić information content (AvgIpc) is 2.53. The molecular weight excluding hydrogens is 344 g/mol. The lowest BCUT2D eigenvalue weighted by molar-refractivity contribution is 0.0696. The van der Waals surface area contributed by atoms with Crippen LogP contribution in [0.2, 0.25) is 0 Å².